The van der Waals surface area contributed by atoms with Crippen LogP contribution in [0.15, 0.2) is 24.4 Å². The van der Waals surface area contributed by atoms with Crippen molar-refractivity contribution in [3.05, 3.63) is 35.5 Å². The monoisotopic (exact) mass is 345 g/mol. The van der Waals surface area contributed by atoms with Crippen molar-refractivity contribution in [3.63, 3.8) is 0 Å². The van der Waals surface area contributed by atoms with Crippen LogP contribution >= 0.6 is 0 Å². The molecule has 1 aromatic heterocycles. The highest BCUT2D eigenvalue weighted by molar-refractivity contribution is 6.06. The zero-order chi connectivity index (χ0) is 18.4. The number of methoxy groups -OCH3 is 1. The number of fused-ring (bicyclic) bond motifs is 1. The van der Waals surface area contributed by atoms with Crippen LogP contribution < -0.4 is 5.32 Å². The Labute approximate surface area is 146 Å². The fraction of sp³-hybridized carbons (Fsp3) is 0.389. The lowest BCUT2D eigenvalue weighted by Crippen LogP contribution is -2.22. The second kappa shape index (κ2) is 8.43. The third kappa shape index (κ3) is 4.45. The number of esters is 2. The van der Waals surface area contributed by atoms with Crippen molar-refractivity contribution in [2.75, 3.05) is 46.2 Å². The van der Waals surface area contributed by atoms with Crippen molar-refractivity contribution < 1.29 is 19.1 Å². The molecule has 0 radical (unpaired) electrons. The molecule has 0 aliphatic carbocycles. The van der Waals surface area contributed by atoms with E-state index in [0.29, 0.717) is 34.3 Å². The van der Waals surface area contributed by atoms with Crippen molar-refractivity contribution in [1.82, 2.24) is 9.88 Å². The molecule has 25 heavy (non-hydrogen) atoms. The molecule has 0 aliphatic rings. The summed E-state index contributed by atoms with van der Waals surface area (Å²) in [6.07, 6.45) is 1.50. The van der Waals surface area contributed by atoms with Gasteiger partial charge in [-0.2, -0.15) is 0 Å². The van der Waals surface area contributed by atoms with Crippen molar-refractivity contribution >= 4 is 28.5 Å². The number of nitrogens with one attached hydrogen (secondary N) is 1. The Bertz CT molecular complexity index is 774. The number of likely N-dealkylation sites (N-methyl/N-ethyl adjacent to an activating group) is 1. The van der Waals surface area contributed by atoms with Gasteiger partial charge in [0.05, 0.1) is 30.5 Å². The summed E-state index contributed by atoms with van der Waals surface area (Å²) in [7, 11) is 5.26. The van der Waals surface area contributed by atoms with Gasteiger partial charge in [-0.15, -0.1) is 0 Å². The van der Waals surface area contributed by atoms with Crippen LogP contribution in [0, 0.1) is 0 Å². The van der Waals surface area contributed by atoms with Crippen LogP contribution in [0.1, 0.15) is 27.6 Å². The number of carbonyl (C=O) groups excluding carboxylic acids is 2. The van der Waals surface area contributed by atoms with Gasteiger partial charge in [-0.25, -0.2) is 9.59 Å². The summed E-state index contributed by atoms with van der Waals surface area (Å²) in [5.74, 6) is -0.893. The topological polar surface area (TPSA) is 80.8 Å². The second-order valence-electron chi connectivity index (χ2n) is 5.72. The lowest BCUT2D eigenvalue weighted by molar-refractivity contribution is 0.0526. The first-order valence-corrected chi connectivity index (χ1v) is 8.04. The predicted molar refractivity (Wildman–Crippen MR) is 96.1 cm³/mol. The number of carbonyl (C=O) groups is 2. The SMILES string of the molecule is CCOC(=O)c1cnc2ccc(C(=O)OC)cc2c1NCCN(C)C. The van der Waals surface area contributed by atoms with Gasteiger partial charge in [0.25, 0.3) is 0 Å². The summed E-state index contributed by atoms with van der Waals surface area (Å²) in [6, 6.07) is 5.05. The van der Waals surface area contributed by atoms with Crippen LogP contribution in [-0.4, -0.2) is 62.7 Å². The van der Waals surface area contributed by atoms with E-state index in [1.807, 2.05) is 19.0 Å². The lowest BCUT2D eigenvalue weighted by Gasteiger charge is -2.16. The lowest BCUT2D eigenvalue weighted by atomic mass is 10.1. The average molecular weight is 345 g/mol. The van der Waals surface area contributed by atoms with Crippen LogP contribution in [-0.2, 0) is 9.47 Å². The van der Waals surface area contributed by atoms with Crippen LogP contribution in [0.25, 0.3) is 10.9 Å². The summed E-state index contributed by atoms with van der Waals surface area (Å²) in [5, 5.41) is 3.95. The molecule has 0 fully saturated rings. The Kier molecular flexibility index (Phi) is 6.30. The van der Waals surface area contributed by atoms with Crippen molar-refractivity contribution in [1.29, 1.82) is 0 Å². The van der Waals surface area contributed by atoms with E-state index in [-0.39, 0.29) is 6.61 Å². The molecule has 7 nitrogen and oxygen atoms in total. The molecule has 1 heterocycles. The predicted octanol–water partition coefficient (Wildman–Crippen LogP) is 2.17. The molecule has 134 valence electrons. The normalized spacial score (nSPS) is 10.8. The summed E-state index contributed by atoms with van der Waals surface area (Å²) < 4.78 is 9.90. The van der Waals surface area contributed by atoms with E-state index in [2.05, 4.69) is 10.3 Å². The zero-order valence-corrected chi connectivity index (χ0v) is 15.0. The molecule has 7 heteroatoms. The van der Waals surface area contributed by atoms with Gasteiger partial charge in [0, 0.05) is 24.7 Å². The summed E-state index contributed by atoms with van der Waals surface area (Å²) >= 11 is 0. The smallest absolute Gasteiger partial charge is 0.341 e. The highest BCUT2D eigenvalue weighted by atomic mass is 16.5. The molecule has 1 aromatic carbocycles. The van der Waals surface area contributed by atoms with Gasteiger partial charge in [0.15, 0.2) is 0 Å². The van der Waals surface area contributed by atoms with Crippen LogP contribution in [0.3, 0.4) is 0 Å². The van der Waals surface area contributed by atoms with Gasteiger partial charge < -0.3 is 19.7 Å². The molecule has 0 unspecified atom stereocenters. The first-order chi connectivity index (χ1) is 12.0. The molecule has 0 amide bonds. The van der Waals surface area contributed by atoms with E-state index in [1.54, 1.807) is 25.1 Å². The fourth-order valence-electron chi connectivity index (χ4n) is 2.40. The summed E-state index contributed by atoms with van der Waals surface area (Å²) in [5.41, 5.74) is 2.02. The second-order valence-corrected chi connectivity index (χ2v) is 5.72. The molecule has 2 rings (SSSR count). The van der Waals surface area contributed by atoms with Crippen LogP contribution in [0.2, 0.25) is 0 Å². The molecule has 1 N–H and O–H groups in total. The minimum atomic E-state index is -0.451. The van der Waals surface area contributed by atoms with Crippen LogP contribution in [0.4, 0.5) is 5.69 Å². The van der Waals surface area contributed by atoms with E-state index in [9.17, 15) is 9.59 Å². The molecule has 0 aliphatic heterocycles. The standard InChI is InChI=1S/C18H23N3O4/c1-5-25-18(23)14-11-20-15-7-6-12(17(22)24-4)10-13(15)16(14)19-8-9-21(2)3/h6-7,10-11H,5,8-9H2,1-4H3,(H,19,20). The minimum Gasteiger partial charge on any atom is -0.465 e. The maximum Gasteiger partial charge on any atom is 0.341 e. The number of hydrogen-bond donors (Lipinski definition) is 1. The van der Waals surface area contributed by atoms with Gasteiger partial charge >= 0.3 is 11.9 Å². The fourth-order valence-corrected chi connectivity index (χ4v) is 2.40. The Hall–Kier alpha value is -2.67. The Morgan fingerprint density at radius 1 is 1.24 bits per heavy atom. The van der Waals surface area contributed by atoms with Crippen molar-refractivity contribution in [2.45, 2.75) is 6.92 Å². The molecule has 0 spiro atoms. The molecular formula is C18H23N3O4. The van der Waals surface area contributed by atoms with E-state index < -0.39 is 11.9 Å². The van der Waals surface area contributed by atoms with Gasteiger partial charge in [-0.05, 0) is 39.2 Å². The highest BCUT2D eigenvalue weighted by Crippen LogP contribution is 2.28. The molecule has 2 aromatic rings. The van der Waals surface area contributed by atoms with Gasteiger partial charge in [-0.1, -0.05) is 0 Å². The van der Waals surface area contributed by atoms with E-state index in [4.69, 9.17) is 9.47 Å². The highest BCUT2D eigenvalue weighted by Gasteiger charge is 2.18. The Morgan fingerprint density at radius 2 is 2.00 bits per heavy atom. The van der Waals surface area contributed by atoms with E-state index in [1.165, 1.54) is 13.3 Å². The molecule has 0 atom stereocenters. The number of rotatable bonds is 7. The summed E-state index contributed by atoms with van der Waals surface area (Å²) in [4.78, 5) is 30.4. The maximum absolute atomic E-state index is 12.3. The Morgan fingerprint density at radius 3 is 2.64 bits per heavy atom. The number of anilines is 1. The maximum atomic E-state index is 12.3. The minimum absolute atomic E-state index is 0.274. The number of benzene rings is 1. The quantitative estimate of drug-likeness (QED) is 0.770. The summed E-state index contributed by atoms with van der Waals surface area (Å²) in [6.45, 7) is 3.43. The zero-order valence-electron chi connectivity index (χ0n) is 15.0. The average Bonchev–Trinajstić information content (AvgIpc) is 2.60. The molecule has 0 saturated heterocycles. The number of hydrogen-bond acceptors (Lipinski definition) is 7. The van der Waals surface area contributed by atoms with Crippen LogP contribution in [0.5, 0.6) is 0 Å². The Balaban J connectivity index is 2.53. The van der Waals surface area contributed by atoms with Gasteiger partial charge in [0.2, 0.25) is 0 Å². The van der Waals surface area contributed by atoms with Gasteiger partial charge in [0.1, 0.15) is 5.56 Å². The third-order valence-corrected chi connectivity index (χ3v) is 3.65. The van der Waals surface area contributed by atoms with Crippen molar-refractivity contribution in [3.8, 4) is 0 Å². The largest absolute Gasteiger partial charge is 0.465 e. The first-order valence-electron chi connectivity index (χ1n) is 8.04. The number of aromatic nitrogens is 1. The van der Waals surface area contributed by atoms with Crippen molar-refractivity contribution in [2.24, 2.45) is 0 Å². The molecular weight excluding hydrogens is 322 g/mol. The molecule has 0 bridgehead atoms. The first kappa shape index (κ1) is 18.7. The van der Waals surface area contributed by atoms with E-state index >= 15 is 0 Å². The molecule has 0 saturated carbocycles. The number of pyridine rings is 1. The van der Waals surface area contributed by atoms with E-state index in [0.717, 1.165) is 6.54 Å². The third-order valence-electron chi connectivity index (χ3n) is 3.65. The number of nitrogens with zero attached hydrogens (tertiary/aromatic N) is 2. The number of ether oxygens (including phenoxy) is 2. The van der Waals surface area contributed by atoms with Gasteiger partial charge in [-0.3, -0.25) is 4.98 Å².